The molecule has 1 fully saturated rings. The number of hydrogen-bond donors (Lipinski definition) is 1. The standard InChI is InChI=1S/C19H31N/c1-14-10-15(2)12-18(11-14)20-13-16-6-8-17(9-7-16)19(3,4)5/h10-12,16-17,20H,6-9,13H2,1-5H3. The van der Waals surface area contributed by atoms with E-state index in [4.69, 9.17) is 0 Å². The molecule has 20 heavy (non-hydrogen) atoms. The van der Waals surface area contributed by atoms with Crippen molar-refractivity contribution >= 4 is 5.69 Å². The van der Waals surface area contributed by atoms with Crippen LogP contribution < -0.4 is 5.32 Å². The van der Waals surface area contributed by atoms with E-state index in [9.17, 15) is 0 Å². The molecule has 0 atom stereocenters. The van der Waals surface area contributed by atoms with Gasteiger partial charge in [-0.3, -0.25) is 0 Å². The van der Waals surface area contributed by atoms with Crippen LogP contribution in [0.5, 0.6) is 0 Å². The number of rotatable bonds is 3. The van der Waals surface area contributed by atoms with Gasteiger partial charge in [-0.05, 0) is 80.0 Å². The lowest BCUT2D eigenvalue weighted by atomic mass is 9.70. The summed E-state index contributed by atoms with van der Waals surface area (Å²) in [5, 5.41) is 3.65. The molecule has 0 aromatic heterocycles. The molecule has 1 aliphatic carbocycles. The highest BCUT2D eigenvalue weighted by Crippen LogP contribution is 2.39. The van der Waals surface area contributed by atoms with Crippen LogP contribution in [-0.2, 0) is 0 Å². The molecule has 0 radical (unpaired) electrons. The summed E-state index contributed by atoms with van der Waals surface area (Å²) >= 11 is 0. The maximum Gasteiger partial charge on any atom is 0.0345 e. The van der Waals surface area contributed by atoms with Crippen LogP contribution in [-0.4, -0.2) is 6.54 Å². The van der Waals surface area contributed by atoms with E-state index in [-0.39, 0.29) is 0 Å². The molecule has 0 unspecified atom stereocenters. The van der Waals surface area contributed by atoms with Gasteiger partial charge in [-0.15, -0.1) is 0 Å². The van der Waals surface area contributed by atoms with Gasteiger partial charge in [-0.25, -0.2) is 0 Å². The van der Waals surface area contributed by atoms with Crippen molar-refractivity contribution in [3.63, 3.8) is 0 Å². The largest absolute Gasteiger partial charge is 0.385 e. The minimum absolute atomic E-state index is 0.492. The third-order valence-electron chi connectivity index (χ3n) is 4.89. The molecule has 1 aromatic rings. The lowest BCUT2D eigenvalue weighted by Gasteiger charge is -2.37. The first kappa shape index (κ1) is 15.4. The molecule has 1 aliphatic rings. The van der Waals surface area contributed by atoms with Gasteiger partial charge in [0.05, 0.1) is 0 Å². The van der Waals surface area contributed by atoms with Crippen molar-refractivity contribution in [3.05, 3.63) is 29.3 Å². The second kappa shape index (κ2) is 6.20. The van der Waals surface area contributed by atoms with Crippen molar-refractivity contribution in [1.29, 1.82) is 0 Å². The van der Waals surface area contributed by atoms with Crippen LogP contribution in [0.3, 0.4) is 0 Å². The zero-order valence-electron chi connectivity index (χ0n) is 13.9. The third kappa shape index (κ3) is 4.26. The van der Waals surface area contributed by atoms with Crippen molar-refractivity contribution in [3.8, 4) is 0 Å². The monoisotopic (exact) mass is 273 g/mol. The van der Waals surface area contributed by atoms with E-state index in [1.807, 2.05) is 0 Å². The minimum atomic E-state index is 0.492. The highest BCUT2D eigenvalue weighted by Gasteiger charge is 2.29. The molecule has 1 heteroatoms. The molecular formula is C19H31N. The van der Waals surface area contributed by atoms with Crippen LogP contribution in [0.25, 0.3) is 0 Å². The molecule has 1 nitrogen and oxygen atoms in total. The fourth-order valence-corrected chi connectivity index (χ4v) is 3.57. The number of hydrogen-bond acceptors (Lipinski definition) is 1. The van der Waals surface area contributed by atoms with Crippen molar-refractivity contribution < 1.29 is 0 Å². The van der Waals surface area contributed by atoms with Gasteiger partial charge in [-0.1, -0.05) is 26.8 Å². The average Bonchev–Trinajstić information content (AvgIpc) is 2.35. The molecule has 0 saturated heterocycles. The second-order valence-corrected chi connectivity index (χ2v) is 7.84. The Kier molecular flexibility index (Phi) is 4.78. The maximum atomic E-state index is 3.65. The van der Waals surface area contributed by atoms with Crippen molar-refractivity contribution in [2.75, 3.05) is 11.9 Å². The Morgan fingerprint density at radius 2 is 1.50 bits per heavy atom. The SMILES string of the molecule is Cc1cc(C)cc(NCC2CCC(C(C)(C)C)CC2)c1. The fourth-order valence-electron chi connectivity index (χ4n) is 3.57. The van der Waals surface area contributed by atoms with Gasteiger partial charge in [0.1, 0.15) is 0 Å². The average molecular weight is 273 g/mol. The summed E-state index contributed by atoms with van der Waals surface area (Å²) in [6, 6.07) is 6.75. The smallest absolute Gasteiger partial charge is 0.0345 e. The molecule has 1 aromatic carbocycles. The van der Waals surface area contributed by atoms with Gasteiger partial charge in [0.25, 0.3) is 0 Å². The van der Waals surface area contributed by atoms with E-state index in [1.54, 1.807) is 0 Å². The topological polar surface area (TPSA) is 12.0 Å². The lowest BCUT2D eigenvalue weighted by molar-refractivity contribution is 0.153. The van der Waals surface area contributed by atoms with Crippen LogP contribution in [0.4, 0.5) is 5.69 Å². The van der Waals surface area contributed by atoms with E-state index in [0.29, 0.717) is 5.41 Å². The number of nitrogens with one attached hydrogen (secondary N) is 1. The summed E-state index contributed by atoms with van der Waals surface area (Å²) in [7, 11) is 0. The van der Waals surface area contributed by atoms with E-state index in [2.05, 4.69) is 58.1 Å². The highest BCUT2D eigenvalue weighted by atomic mass is 14.9. The Morgan fingerprint density at radius 3 is 2.00 bits per heavy atom. The predicted molar refractivity (Wildman–Crippen MR) is 89.3 cm³/mol. The normalized spacial score (nSPS) is 23.6. The summed E-state index contributed by atoms with van der Waals surface area (Å²) in [5.74, 6) is 1.77. The first-order valence-corrected chi connectivity index (χ1v) is 8.17. The molecule has 0 bridgehead atoms. The summed E-state index contributed by atoms with van der Waals surface area (Å²) in [4.78, 5) is 0. The first-order chi connectivity index (χ1) is 9.34. The zero-order valence-corrected chi connectivity index (χ0v) is 13.9. The Bertz CT molecular complexity index is 413. The Labute approximate surface area is 125 Å². The van der Waals surface area contributed by atoms with E-state index < -0.39 is 0 Å². The summed E-state index contributed by atoms with van der Waals surface area (Å²) < 4.78 is 0. The van der Waals surface area contributed by atoms with Gasteiger partial charge < -0.3 is 5.32 Å². The molecule has 0 aliphatic heterocycles. The summed E-state index contributed by atoms with van der Waals surface area (Å²) in [5.41, 5.74) is 4.49. The maximum absolute atomic E-state index is 3.65. The first-order valence-electron chi connectivity index (χ1n) is 8.17. The minimum Gasteiger partial charge on any atom is -0.385 e. The van der Waals surface area contributed by atoms with Gasteiger partial charge in [-0.2, -0.15) is 0 Å². The van der Waals surface area contributed by atoms with E-state index in [0.717, 1.165) is 18.4 Å². The van der Waals surface area contributed by atoms with Crippen LogP contribution in [0.2, 0.25) is 0 Å². The number of anilines is 1. The van der Waals surface area contributed by atoms with E-state index in [1.165, 1.54) is 42.5 Å². The van der Waals surface area contributed by atoms with Gasteiger partial charge >= 0.3 is 0 Å². The Balaban J connectivity index is 1.81. The van der Waals surface area contributed by atoms with Crippen LogP contribution >= 0.6 is 0 Å². The molecule has 0 spiro atoms. The predicted octanol–water partition coefficient (Wildman–Crippen LogP) is 5.57. The molecule has 2 rings (SSSR count). The van der Waals surface area contributed by atoms with Gasteiger partial charge in [0, 0.05) is 12.2 Å². The molecule has 1 saturated carbocycles. The Morgan fingerprint density at radius 1 is 0.950 bits per heavy atom. The molecule has 0 heterocycles. The van der Waals surface area contributed by atoms with Crippen molar-refractivity contribution in [1.82, 2.24) is 0 Å². The summed E-state index contributed by atoms with van der Waals surface area (Å²) in [6.45, 7) is 12.7. The zero-order chi connectivity index (χ0) is 14.8. The third-order valence-corrected chi connectivity index (χ3v) is 4.89. The number of aryl methyl sites for hydroxylation is 2. The molecule has 1 N–H and O–H groups in total. The highest BCUT2D eigenvalue weighted by molar-refractivity contribution is 5.48. The van der Waals surface area contributed by atoms with Crippen LogP contribution in [0, 0.1) is 31.1 Å². The summed E-state index contributed by atoms with van der Waals surface area (Å²) in [6.07, 6.45) is 5.59. The fraction of sp³-hybridized carbons (Fsp3) is 0.684. The van der Waals surface area contributed by atoms with Crippen molar-refractivity contribution in [2.24, 2.45) is 17.3 Å². The molecule has 0 amide bonds. The van der Waals surface area contributed by atoms with Crippen LogP contribution in [0.1, 0.15) is 57.6 Å². The van der Waals surface area contributed by atoms with Crippen molar-refractivity contribution in [2.45, 2.75) is 60.3 Å². The quantitative estimate of drug-likeness (QED) is 0.759. The lowest BCUT2D eigenvalue weighted by Crippen LogP contribution is -2.28. The number of benzene rings is 1. The molecule has 112 valence electrons. The molecular weight excluding hydrogens is 242 g/mol. The van der Waals surface area contributed by atoms with E-state index >= 15 is 0 Å². The van der Waals surface area contributed by atoms with Crippen LogP contribution in [0.15, 0.2) is 18.2 Å². The second-order valence-electron chi connectivity index (χ2n) is 7.84. The van der Waals surface area contributed by atoms with Gasteiger partial charge in [0.15, 0.2) is 0 Å². The van der Waals surface area contributed by atoms with Gasteiger partial charge in [0.2, 0.25) is 0 Å². The Hall–Kier alpha value is -0.980.